The Kier molecular flexibility index (Phi) is 7.65. The van der Waals surface area contributed by atoms with Crippen LogP contribution in [0.5, 0.6) is 0 Å². The first-order chi connectivity index (χ1) is 16.6. The van der Waals surface area contributed by atoms with E-state index in [1.165, 1.54) is 12.1 Å². The number of amides is 2. The zero-order valence-corrected chi connectivity index (χ0v) is 23.0. The van der Waals surface area contributed by atoms with E-state index in [0.29, 0.717) is 4.47 Å². The van der Waals surface area contributed by atoms with Crippen LogP contribution in [0, 0.1) is 11.3 Å². The zero-order valence-electron chi connectivity index (χ0n) is 20.6. The number of carbonyl (C=O) groups excluding carboxylic acids is 2. The summed E-state index contributed by atoms with van der Waals surface area (Å²) in [5.74, 6) is -1.72. The number of hydrogen-bond acceptors (Lipinski definition) is 7. The first-order valence-corrected chi connectivity index (χ1v) is 13.7. The first kappa shape index (κ1) is 28.1. The Morgan fingerprint density at radius 2 is 1.86 bits per heavy atom. The highest BCUT2D eigenvalue weighted by Crippen LogP contribution is 2.49. The minimum absolute atomic E-state index is 0.0987. The van der Waals surface area contributed by atoms with Gasteiger partial charge >= 0.3 is 12.1 Å². The van der Waals surface area contributed by atoms with Gasteiger partial charge in [-0.05, 0) is 43.0 Å². The van der Waals surface area contributed by atoms with Crippen LogP contribution in [0.2, 0.25) is 0 Å². The summed E-state index contributed by atoms with van der Waals surface area (Å²) < 4.78 is 37.1. The molecule has 1 aromatic rings. The van der Waals surface area contributed by atoms with E-state index in [1.807, 2.05) is 0 Å². The monoisotopic (exact) mass is 586 g/mol. The first-order valence-electron chi connectivity index (χ1n) is 11.5. The van der Waals surface area contributed by atoms with Gasteiger partial charge in [-0.3, -0.25) is 13.9 Å². The Morgan fingerprint density at radius 1 is 1.25 bits per heavy atom. The predicted octanol–water partition coefficient (Wildman–Crippen LogP) is 3.32. The van der Waals surface area contributed by atoms with Crippen molar-refractivity contribution in [1.29, 1.82) is 0 Å². The quantitative estimate of drug-likeness (QED) is 0.268. The van der Waals surface area contributed by atoms with Gasteiger partial charge in [-0.25, -0.2) is 9.59 Å². The Labute approximate surface area is 219 Å². The van der Waals surface area contributed by atoms with E-state index in [4.69, 9.17) is 8.92 Å². The van der Waals surface area contributed by atoms with Crippen molar-refractivity contribution < 1.29 is 36.8 Å². The van der Waals surface area contributed by atoms with E-state index >= 15 is 0 Å². The van der Waals surface area contributed by atoms with Crippen LogP contribution in [-0.4, -0.2) is 66.7 Å². The van der Waals surface area contributed by atoms with Gasteiger partial charge in [0, 0.05) is 16.8 Å². The molecule has 2 aliphatic rings. The molecule has 0 spiro atoms. The fraction of sp³-hybridized carbons (Fsp3) is 0.542. The summed E-state index contributed by atoms with van der Waals surface area (Å²) >= 11 is 3.24. The van der Waals surface area contributed by atoms with Crippen molar-refractivity contribution in [3.63, 3.8) is 0 Å². The van der Waals surface area contributed by atoms with Crippen molar-refractivity contribution in [2.45, 2.75) is 62.6 Å². The van der Waals surface area contributed by atoms with Crippen molar-refractivity contribution in [2.75, 3.05) is 13.2 Å². The van der Waals surface area contributed by atoms with Crippen molar-refractivity contribution in [3.8, 4) is 0 Å². The van der Waals surface area contributed by atoms with Gasteiger partial charge < -0.3 is 15.2 Å². The molecule has 0 unspecified atom stereocenters. The number of benzene rings is 1. The van der Waals surface area contributed by atoms with Crippen LogP contribution in [0.25, 0.3) is 0 Å². The zero-order chi connectivity index (χ0) is 27.1. The van der Waals surface area contributed by atoms with Gasteiger partial charge in [-0.15, -0.1) is 6.58 Å². The maximum absolute atomic E-state index is 13.9. The van der Waals surface area contributed by atoms with Crippen molar-refractivity contribution in [3.05, 3.63) is 41.4 Å². The van der Waals surface area contributed by atoms with Crippen LogP contribution < -0.4 is 5.32 Å². The van der Waals surface area contributed by atoms with Crippen LogP contribution in [0.15, 0.2) is 46.3 Å². The topological polar surface area (TPSA) is 139 Å². The molecule has 0 radical (unpaired) electrons. The molecule has 36 heavy (non-hydrogen) atoms. The second-order valence-electron chi connectivity index (χ2n) is 10.0. The fourth-order valence-corrected chi connectivity index (χ4v) is 6.17. The third-order valence-corrected chi connectivity index (χ3v) is 8.76. The number of nitrogens with zero attached hydrogens (tertiary/aromatic N) is 1. The summed E-state index contributed by atoms with van der Waals surface area (Å²) in [5.41, 5.74) is -4.07. The lowest BCUT2D eigenvalue weighted by molar-refractivity contribution is -0.152. The maximum atomic E-state index is 13.9. The molecular formula is C24H31BrN2O8S. The summed E-state index contributed by atoms with van der Waals surface area (Å²) in [6.45, 7) is 10.2. The Morgan fingerprint density at radius 3 is 2.33 bits per heavy atom. The number of rotatable bonds is 8. The third kappa shape index (κ3) is 4.90. The lowest BCUT2D eigenvalue weighted by atomic mass is 9.70. The lowest BCUT2D eigenvalue weighted by Gasteiger charge is -2.45. The molecule has 0 bridgehead atoms. The SMILES string of the molecule is C=C[C@@H]1C[C@]1(NC(=O)[C@@]1(C(C)(C)C)C[C@H](OS(=O)(=O)c2ccc(Br)cc2)CN1C(=O)O)C(=O)OCC. The van der Waals surface area contributed by atoms with Crippen molar-refractivity contribution >= 4 is 44.0 Å². The molecule has 1 saturated heterocycles. The normalized spacial score (nSPS) is 27.9. The molecule has 1 saturated carbocycles. The van der Waals surface area contributed by atoms with Gasteiger partial charge in [-0.1, -0.05) is 42.8 Å². The molecule has 2 N–H and O–H groups in total. The van der Waals surface area contributed by atoms with E-state index in [1.54, 1.807) is 45.9 Å². The van der Waals surface area contributed by atoms with Gasteiger partial charge in [0.15, 0.2) is 0 Å². The largest absolute Gasteiger partial charge is 0.465 e. The summed E-state index contributed by atoms with van der Waals surface area (Å²) in [5, 5.41) is 12.8. The molecule has 1 aliphatic carbocycles. The Balaban J connectivity index is 1.97. The highest BCUT2D eigenvalue weighted by Gasteiger charge is 2.66. The van der Waals surface area contributed by atoms with Crippen molar-refractivity contribution in [2.24, 2.45) is 11.3 Å². The molecule has 2 amide bonds. The standard InChI is InChI=1S/C24H31BrN2O8S/c1-6-15-12-23(15,20(29)34-7-2)26-19(28)24(22(3,4)5)13-17(14-27(24)21(30)31)35-36(32,33)18-10-8-16(25)9-11-18/h6,8-11,15,17H,1,7,12-14H2,2-5H3,(H,26,28)(H,30,31)/t15-,17+,23-,24-/m1/s1. The number of likely N-dealkylation sites (tertiary alicyclic amines) is 1. The number of carbonyl (C=O) groups is 3. The number of nitrogens with one attached hydrogen (secondary N) is 1. The fourth-order valence-electron chi connectivity index (χ4n) is 4.84. The van der Waals surface area contributed by atoms with E-state index in [2.05, 4.69) is 27.8 Å². The third-order valence-electron chi connectivity index (χ3n) is 6.86. The van der Waals surface area contributed by atoms with E-state index in [0.717, 1.165) is 4.90 Å². The average molecular weight is 587 g/mol. The summed E-state index contributed by atoms with van der Waals surface area (Å²) in [6.07, 6.45) is -0.962. The number of hydrogen-bond donors (Lipinski definition) is 2. The molecule has 1 aromatic carbocycles. The van der Waals surface area contributed by atoms with Crippen molar-refractivity contribution in [1.82, 2.24) is 10.2 Å². The van der Waals surface area contributed by atoms with Gasteiger partial charge in [-0.2, -0.15) is 8.42 Å². The number of carboxylic acid groups (broad SMARTS) is 1. The highest BCUT2D eigenvalue weighted by molar-refractivity contribution is 9.10. The van der Waals surface area contributed by atoms with Gasteiger partial charge in [0.1, 0.15) is 11.1 Å². The maximum Gasteiger partial charge on any atom is 0.408 e. The number of ether oxygens (including phenoxy) is 1. The molecule has 1 aliphatic heterocycles. The molecule has 1 heterocycles. The summed E-state index contributed by atoms with van der Waals surface area (Å²) in [4.78, 5) is 39.8. The van der Waals surface area contributed by atoms with Gasteiger partial charge in [0.05, 0.1) is 24.2 Å². The van der Waals surface area contributed by atoms with Crippen LogP contribution in [0.4, 0.5) is 4.79 Å². The molecule has 10 nitrogen and oxygen atoms in total. The molecule has 2 fully saturated rings. The van der Waals surface area contributed by atoms with Crippen LogP contribution >= 0.6 is 15.9 Å². The molecule has 12 heteroatoms. The number of esters is 1. The average Bonchev–Trinajstić information content (AvgIpc) is 3.34. The molecule has 0 aromatic heterocycles. The van der Waals surface area contributed by atoms with E-state index < -0.39 is 50.7 Å². The molecule has 3 rings (SSSR count). The summed E-state index contributed by atoms with van der Waals surface area (Å²) in [7, 11) is -4.25. The van der Waals surface area contributed by atoms with E-state index in [-0.39, 0.29) is 36.8 Å². The van der Waals surface area contributed by atoms with Gasteiger partial charge in [0.25, 0.3) is 10.1 Å². The second kappa shape index (κ2) is 9.79. The van der Waals surface area contributed by atoms with Gasteiger partial charge in [0.2, 0.25) is 5.91 Å². The summed E-state index contributed by atoms with van der Waals surface area (Å²) in [6, 6.07) is 5.81. The van der Waals surface area contributed by atoms with E-state index in [9.17, 15) is 27.9 Å². The predicted molar refractivity (Wildman–Crippen MR) is 134 cm³/mol. The Hall–Kier alpha value is -2.44. The molecule has 198 valence electrons. The second-order valence-corrected chi connectivity index (χ2v) is 12.5. The highest BCUT2D eigenvalue weighted by atomic mass is 79.9. The minimum atomic E-state index is -4.25. The molecule has 4 atom stereocenters. The van der Waals surface area contributed by atoms with Crippen LogP contribution in [-0.2, 0) is 28.6 Å². The smallest absolute Gasteiger partial charge is 0.408 e. The van der Waals surface area contributed by atoms with Crippen LogP contribution in [0.3, 0.4) is 0 Å². The molecular weight excluding hydrogens is 556 g/mol. The Bertz CT molecular complexity index is 1160. The lowest BCUT2D eigenvalue weighted by Crippen LogP contribution is -2.66. The minimum Gasteiger partial charge on any atom is -0.465 e. The van der Waals surface area contributed by atoms with Crippen LogP contribution in [0.1, 0.15) is 40.5 Å². The number of halogens is 1.